The molecule has 0 saturated carbocycles. The van der Waals surface area contributed by atoms with Crippen molar-refractivity contribution >= 4 is 23.6 Å². The average Bonchev–Trinajstić information content (AvgIpc) is 2.46. The van der Waals surface area contributed by atoms with E-state index in [1.165, 1.54) is 12.5 Å². The van der Waals surface area contributed by atoms with Crippen LogP contribution < -0.4 is 11.3 Å². The molecule has 0 atom stereocenters. The van der Waals surface area contributed by atoms with Crippen molar-refractivity contribution in [3.63, 3.8) is 0 Å². The topological polar surface area (TPSA) is 100 Å². The van der Waals surface area contributed by atoms with Gasteiger partial charge in [0, 0.05) is 5.41 Å². The number of carboxylic acid groups (broad SMARTS) is 1. The molecule has 72 valence electrons. The summed E-state index contributed by atoms with van der Waals surface area (Å²) in [5, 5.41) is 13.5. The van der Waals surface area contributed by atoms with Gasteiger partial charge in [-0.3, -0.25) is 5.43 Å². The number of rotatable bonds is 3. The Balaban J connectivity index is 2.78. The number of nitrogens with one attached hydrogen (secondary N) is 1. The predicted octanol–water partition coefficient (Wildman–Crippen LogP) is -0.743. The average molecular weight is 204 g/mol. The number of nitrogens with two attached hydrogens (primary N) is 1. The van der Waals surface area contributed by atoms with Crippen LogP contribution in [-0.4, -0.2) is 28.4 Å². The van der Waals surface area contributed by atoms with Crippen molar-refractivity contribution < 1.29 is 14.7 Å². The van der Waals surface area contributed by atoms with E-state index in [1.54, 1.807) is 0 Å². The molecule has 0 aromatic carbocycles. The molecule has 0 amide bonds. The van der Waals surface area contributed by atoms with E-state index in [0.717, 1.165) is 16.5 Å². The Labute approximate surface area is 78.3 Å². The minimum atomic E-state index is -1.18. The Kier molecular flexibility index (Phi) is 3.12. The van der Waals surface area contributed by atoms with Gasteiger partial charge in [0.1, 0.15) is 7.11 Å². The molecule has 1 rings (SSSR count). The van der Waals surface area contributed by atoms with E-state index in [0.29, 0.717) is 5.70 Å². The van der Waals surface area contributed by atoms with E-state index in [-0.39, 0.29) is 5.71 Å². The van der Waals surface area contributed by atoms with Crippen molar-refractivity contribution in [3.05, 3.63) is 11.1 Å². The van der Waals surface area contributed by atoms with Crippen molar-refractivity contribution in [3.8, 4) is 0 Å². The third-order valence-corrected chi connectivity index (χ3v) is 1.81. The summed E-state index contributed by atoms with van der Waals surface area (Å²) in [6.07, 6.45) is 0. The molecule has 0 bridgehead atoms. The van der Waals surface area contributed by atoms with Crippen LogP contribution >= 0.6 is 11.9 Å². The molecule has 0 unspecified atom stereocenters. The lowest BCUT2D eigenvalue weighted by molar-refractivity contribution is -0.129. The van der Waals surface area contributed by atoms with Crippen LogP contribution in [0.2, 0.25) is 0 Å². The van der Waals surface area contributed by atoms with Crippen molar-refractivity contribution in [1.29, 1.82) is 0 Å². The van der Waals surface area contributed by atoms with Crippen LogP contribution in [0.15, 0.2) is 16.3 Å². The van der Waals surface area contributed by atoms with Crippen LogP contribution in [0.1, 0.15) is 0 Å². The van der Waals surface area contributed by atoms with Gasteiger partial charge >= 0.3 is 5.97 Å². The summed E-state index contributed by atoms with van der Waals surface area (Å²) >= 11 is 1.12. The summed E-state index contributed by atoms with van der Waals surface area (Å²) in [6, 6.07) is 0. The molecule has 0 saturated heterocycles. The normalized spacial score (nSPS) is 18.0. The zero-order chi connectivity index (χ0) is 9.84. The quantitative estimate of drug-likeness (QED) is 0.241. The molecule has 0 spiro atoms. The minimum absolute atomic E-state index is 0.219. The molecule has 0 aromatic heterocycles. The lowest BCUT2D eigenvalue weighted by atomic mass is 10.3. The van der Waals surface area contributed by atoms with Gasteiger partial charge in [0.15, 0.2) is 0 Å². The molecular formula is C5H8N4O3S. The fraction of sp³-hybridized carbons (Fsp3) is 0.200. The maximum absolute atomic E-state index is 10.6. The highest BCUT2D eigenvalue weighted by molar-refractivity contribution is 8.00. The highest BCUT2D eigenvalue weighted by atomic mass is 32.2. The van der Waals surface area contributed by atoms with Crippen molar-refractivity contribution in [2.75, 3.05) is 7.11 Å². The summed E-state index contributed by atoms with van der Waals surface area (Å²) in [5.41, 5.74) is 2.64. The second-order valence-electron chi connectivity index (χ2n) is 2.00. The standard InChI is InChI=1S/C5H8N4O3S/c1-12-8-4(5(10)11)3-2-13-9(6)7-3/h2,7H,6H2,1H3,(H,10,11)/b8-4-. The Bertz CT molecular complexity index is 277. The van der Waals surface area contributed by atoms with Crippen LogP contribution in [-0.2, 0) is 9.63 Å². The van der Waals surface area contributed by atoms with E-state index in [9.17, 15) is 4.79 Å². The third-order valence-electron chi connectivity index (χ3n) is 1.16. The summed E-state index contributed by atoms with van der Waals surface area (Å²) < 4.78 is 1.16. The van der Waals surface area contributed by atoms with Crippen LogP contribution in [0, 0.1) is 0 Å². The van der Waals surface area contributed by atoms with Crippen molar-refractivity contribution in [2.24, 2.45) is 11.0 Å². The van der Waals surface area contributed by atoms with Crippen LogP contribution in [0.4, 0.5) is 0 Å². The Morgan fingerprint density at radius 2 is 2.62 bits per heavy atom. The van der Waals surface area contributed by atoms with E-state index in [2.05, 4.69) is 15.4 Å². The third kappa shape index (κ3) is 2.34. The highest BCUT2D eigenvalue weighted by Crippen LogP contribution is 2.16. The first-order chi connectivity index (χ1) is 6.15. The van der Waals surface area contributed by atoms with Gasteiger partial charge in [0.25, 0.3) is 0 Å². The molecule has 7 nitrogen and oxygen atoms in total. The summed E-state index contributed by atoms with van der Waals surface area (Å²) in [4.78, 5) is 15.0. The fourth-order valence-corrected chi connectivity index (χ4v) is 1.22. The van der Waals surface area contributed by atoms with Crippen LogP contribution in [0.25, 0.3) is 0 Å². The van der Waals surface area contributed by atoms with Gasteiger partial charge in [-0.1, -0.05) is 9.68 Å². The van der Waals surface area contributed by atoms with E-state index < -0.39 is 5.97 Å². The summed E-state index contributed by atoms with van der Waals surface area (Å²) in [7, 11) is 1.27. The summed E-state index contributed by atoms with van der Waals surface area (Å²) in [5.74, 6) is 4.12. The molecule has 0 aliphatic carbocycles. The minimum Gasteiger partial charge on any atom is -0.476 e. The fourth-order valence-electron chi connectivity index (χ4n) is 0.684. The lowest BCUT2D eigenvalue weighted by Crippen LogP contribution is -2.36. The van der Waals surface area contributed by atoms with Gasteiger partial charge in [-0.05, 0) is 11.9 Å². The first-order valence-electron chi connectivity index (χ1n) is 3.18. The lowest BCUT2D eigenvalue weighted by Gasteiger charge is -2.08. The maximum Gasteiger partial charge on any atom is 0.360 e. The number of nitrogens with zero attached hydrogens (tertiary/aromatic N) is 2. The first kappa shape index (κ1) is 9.84. The zero-order valence-electron chi connectivity index (χ0n) is 6.72. The van der Waals surface area contributed by atoms with E-state index >= 15 is 0 Å². The second-order valence-corrected chi connectivity index (χ2v) is 2.84. The van der Waals surface area contributed by atoms with Crippen LogP contribution in [0.3, 0.4) is 0 Å². The maximum atomic E-state index is 10.6. The highest BCUT2D eigenvalue weighted by Gasteiger charge is 2.22. The Morgan fingerprint density at radius 1 is 1.92 bits per heavy atom. The van der Waals surface area contributed by atoms with Gasteiger partial charge in [0.05, 0.1) is 5.70 Å². The van der Waals surface area contributed by atoms with Gasteiger partial charge in [0.2, 0.25) is 5.71 Å². The van der Waals surface area contributed by atoms with Crippen molar-refractivity contribution in [2.45, 2.75) is 0 Å². The number of hydrazine groups is 2. The van der Waals surface area contributed by atoms with E-state index in [1.807, 2.05) is 0 Å². The number of carboxylic acids is 1. The molecule has 1 aliphatic heterocycles. The number of hydrogen-bond donors (Lipinski definition) is 3. The molecule has 4 N–H and O–H groups in total. The Hall–Kier alpha value is -1.25. The first-order valence-corrected chi connectivity index (χ1v) is 4.02. The molecule has 0 radical (unpaired) electrons. The number of carbonyl (C=O) groups is 1. The molecule has 1 heterocycles. The number of oxime groups is 1. The van der Waals surface area contributed by atoms with Crippen molar-refractivity contribution in [1.82, 2.24) is 9.95 Å². The van der Waals surface area contributed by atoms with Gasteiger partial charge in [-0.2, -0.15) is 0 Å². The molecule has 8 heteroatoms. The molecule has 1 aliphatic rings. The molecule has 0 fully saturated rings. The Morgan fingerprint density at radius 3 is 3.00 bits per heavy atom. The summed E-state index contributed by atoms with van der Waals surface area (Å²) in [6.45, 7) is 0. The molecule has 13 heavy (non-hydrogen) atoms. The number of aliphatic carboxylic acids is 1. The SMILES string of the molecule is CO/N=C(\C(=O)O)C1=CSN(N)N1. The molecule has 0 aromatic rings. The van der Waals surface area contributed by atoms with Crippen LogP contribution in [0.5, 0.6) is 0 Å². The predicted molar refractivity (Wildman–Crippen MR) is 46.9 cm³/mol. The zero-order valence-corrected chi connectivity index (χ0v) is 7.54. The van der Waals surface area contributed by atoms with Gasteiger partial charge < -0.3 is 9.94 Å². The smallest absolute Gasteiger partial charge is 0.360 e. The molecular weight excluding hydrogens is 196 g/mol. The largest absolute Gasteiger partial charge is 0.476 e. The second kappa shape index (κ2) is 4.12. The monoisotopic (exact) mass is 204 g/mol. The number of hydrogen-bond acceptors (Lipinski definition) is 7. The van der Waals surface area contributed by atoms with Gasteiger partial charge in [-0.25, -0.2) is 10.6 Å². The van der Waals surface area contributed by atoms with E-state index in [4.69, 9.17) is 10.9 Å². The van der Waals surface area contributed by atoms with Gasteiger partial charge in [-0.15, -0.1) is 0 Å².